The van der Waals surface area contributed by atoms with Crippen LogP contribution in [0.5, 0.6) is 0 Å². The number of rotatable bonds is 3. The Morgan fingerprint density at radius 1 is 0.287 bits per heavy atom. The maximum absolute atomic E-state index is 6.46. The van der Waals surface area contributed by atoms with Crippen LogP contribution >= 0.6 is 11.6 Å². The molecule has 0 unspecified atom stereocenters. The van der Waals surface area contributed by atoms with E-state index in [1.165, 1.54) is 141 Å². The summed E-state index contributed by atoms with van der Waals surface area (Å²) in [6.45, 7) is 8.97. The summed E-state index contributed by atoms with van der Waals surface area (Å²) in [5.41, 5.74) is 20.2. The molecule has 540 valence electrons. The SMILES string of the molecule is CC1(C)c2ccccc2-c2c(-c3ccc4c(c3)oc3ccccc34)nc(-n3c4ccc5ccccc5c4c4c5c6ccccc6c6ccccc6c5ccc43)nc21.CC1(C)c2ccccc2-c2c(-c3ccc4c(c3)oc3ccccc34)nc(Cl)nc21.c1ccc2c(c1)ccc1[nH]c3ccc4c5ccccc5c5ccccc5c4c3c12. The van der Waals surface area contributed by atoms with E-state index >= 15 is 0 Å². The molecule has 6 aromatic heterocycles. The number of H-pyrrole nitrogens is 1. The minimum atomic E-state index is -0.352. The number of nitrogens with one attached hydrogen (secondary N) is 1. The Kier molecular flexibility index (Phi) is 13.8. The van der Waals surface area contributed by atoms with E-state index in [1.54, 1.807) is 0 Å². The van der Waals surface area contributed by atoms with Gasteiger partial charge in [-0.05, 0) is 170 Å². The second-order valence-corrected chi connectivity index (χ2v) is 32.3. The van der Waals surface area contributed by atoms with Crippen molar-refractivity contribution in [2.45, 2.75) is 38.5 Å². The average Bonchev–Trinajstić information content (AvgIpc) is 1.31. The number of aromatic amines is 1. The molecule has 0 amide bonds. The number of para-hydroxylation sites is 2. The Bertz CT molecular complexity index is 8330. The van der Waals surface area contributed by atoms with Crippen LogP contribution in [-0.2, 0) is 10.8 Å². The van der Waals surface area contributed by atoms with Gasteiger partial charge in [-0.2, -0.15) is 0 Å². The summed E-state index contributed by atoms with van der Waals surface area (Å²) in [5.74, 6) is 0.661. The zero-order valence-corrected chi connectivity index (χ0v) is 63.9. The number of fused-ring (bicyclic) bond motifs is 36. The minimum absolute atomic E-state index is 0.225. The highest BCUT2D eigenvalue weighted by atomic mass is 35.5. The minimum Gasteiger partial charge on any atom is -0.456 e. The normalized spacial score (nSPS) is 13.4. The van der Waals surface area contributed by atoms with Crippen molar-refractivity contribution < 1.29 is 8.83 Å². The molecule has 0 spiro atoms. The van der Waals surface area contributed by atoms with Crippen LogP contribution in [-0.4, -0.2) is 29.5 Å². The van der Waals surface area contributed by atoms with Crippen molar-refractivity contribution in [1.82, 2.24) is 29.5 Å². The highest BCUT2D eigenvalue weighted by molar-refractivity contribution is 6.39. The Balaban J connectivity index is 0.000000110. The number of nitrogens with zero attached hydrogens (tertiary/aromatic N) is 5. The Hall–Kier alpha value is -14.3. The van der Waals surface area contributed by atoms with Crippen LogP contribution in [0.1, 0.15) is 50.2 Å². The molecule has 6 heterocycles. The lowest BCUT2D eigenvalue weighted by Gasteiger charge is -2.21. The fourth-order valence-corrected chi connectivity index (χ4v) is 20.1. The van der Waals surface area contributed by atoms with Gasteiger partial charge in [-0.15, -0.1) is 0 Å². The molecule has 8 nitrogen and oxygen atoms in total. The molecule has 26 rings (SSSR count). The Morgan fingerprint density at radius 2 is 0.652 bits per heavy atom. The number of furan rings is 2. The summed E-state index contributed by atoms with van der Waals surface area (Å²) < 4.78 is 14.9. The lowest BCUT2D eigenvalue weighted by Crippen LogP contribution is -2.18. The van der Waals surface area contributed by atoms with E-state index in [1.807, 2.05) is 30.3 Å². The van der Waals surface area contributed by atoms with Crippen molar-refractivity contribution in [3.05, 3.63) is 355 Å². The summed E-state index contributed by atoms with van der Waals surface area (Å²) in [5, 5.41) is 30.3. The Labute approximate surface area is 663 Å². The first kappa shape index (κ1) is 65.4. The molecule has 0 bridgehead atoms. The maximum atomic E-state index is 6.46. The van der Waals surface area contributed by atoms with Crippen LogP contribution < -0.4 is 0 Å². The van der Waals surface area contributed by atoms with Crippen LogP contribution in [0.2, 0.25) is 5.28 Å². The molecule has 24 aromatic rings. The van der Waals surface area contributed by atoms with Crippen molar-refractivity contribution in [2.75, 3.05) is 0 Å². The smallest absolute Gasteiger partial charge is 0.235 e. The molecule has 18 aromatic carbocycles. The molecule has 0 radical (unpaired) electrons. The topological polar surface area (TPSA) is 98.6 Å². The molecule has 2 aliphatic carbocycles. The molecule has 0 saturated heterocycles. The fourth-order valence-electron chi connectivity index (χ4n) is 19.9. The van der Waals surface area contributed by atoms with Crippen LogP contribution in [0, 0.1) is 0 Å². The first-order chi connectivity index (χ1) is 56.5. The fraction of sp³-hybridized carbons (Fsp3) is 0.0566. The van der Waals surface area contributed by atoms with E-state index in [0.29, 0.717) is 5.95 Å². The number of hydrogen-bond acceptors (Lipinski definition) is 6. The molecule has 0 atom stereocenters. The van der Waals surface area contributed by atoms with Crippen LogP contribution in [0.4, 0.5) is 0 Å². The quantitative estimate of drug-likeness (QED) is 0.140. The van der Waals surface area contributed by atoms with Crippen LogP contribution in [0.15, 0.2) is 336 Å². The first-order valence-electron chi connectivity index (χ1n) is 39.4. The first-order valence-corrected chi connectivity index (χ1v) is 39.7. The van der Waals surface area contributed by atoms with Crippen molar-refractivity contribution in [1.29, 1.82) is 0 Å². The van der Waals surface area contributed by atoms with Gasteiger partial charge in [0.25, 0.3) is 0 Å². The summed E-state index contributed by atoms with van der Waals surface area (Å²) >= 11 is 6.39. The molecule has 2 aliphatic rings. The lowest BCUT2D eigenvalue weighted by molar-refractivity contribution is 0.632. The van der Waals surface area contributed by atoms with Gasteiger partial charge in [-0.1, -0.05) is 295 Å². The van der Waals surface area contributed by atoms with E-state index in [4.69, 9.17) is 30.4 Å². The monoisotopic (exact) mass is 1490 g/mol. The highest BCUT2D eigenvalue weighted by Gasteiger charge is 2.42. The summed E-state index contributed by atoms with van der Waals surface area (Å²) in [6.07, 6.45) is 0. The van der Waals surface area contributed by atoms with Crippen molar-refractivity contribution in [3.8, 4) is 50.7 Å². The molecular formula is C106H67ClN6O2. The van der Waals surface area contributed by atoms with Gasteiger partial charge in [0.15, 0.2) is 0 Å². The third kappa shape index (κ3) is 9.43. The molecule has 0 fully saturated rings. The standard InChI is InChI=1S/C53H33N3O.C28H17N.C25H17ClN2O/c1-53(2)41-21-11-9-20-40(41)48-50(31-23-25-37-36-18-10-12-22-44(36)57-45(37)29-31)54-52(55-51(48)53)56-42-27-24-30-13-3-4-14-32(30)47(42)49-43(56)28-26-39-35-17-6-5-15-33(35)34-16-7-8-19-38(34)46(39)49;1-2-8-18-17(7-1)13-15-24-27(18)28-25(29-24)16-14-23-21-11-4-3-9-19(21)20-10-5-6-12-22(20)26(23)28;1-25(2)18-9-5-3-8-17(18)21-22(27-24(26)28-23(21)25)14-11-12-16-15-7-4-6-10-19(15)29-20(16)13-14/h3-29H,1-2H3;1-16,29H;3-13H,1-2H3. The molecule has 1 N–H and O–H groups in total. The zero-order chi connectivity index (χ0) is 76.3. The van der Waals surface area contributed by atoms with Crippen molar-refractivity contribution in [3.63, 3.8) is 0 Å². The van der Waals surface area contributed by atoms with Gasteiger partial charge in [-0.25, -0.2) is 19.9 Å². The predicted molar refractivity (Wildman–Crippen MR) is 480 cm³/mol. The van der Waals surface area contributed by atoms with Gasteiger partial charge in [-0.3, -0.25) is 4.57 Å². The average molecular weight is 1490 g/mol. The van der Waals surface area contributed by atoms with E-state index in [2.05, 4.69) is 344 Å². The summed E-state index contributed by atoms with van der Waals surface area (Å²) in [7, 11) is 0. The van der Waals surface area contributed by atoms with Crippen LogP contribution in [0.3, 0.4) is 0 Å². The van der Waals surface area contributed by atoms with Gasteiger partial charge < -0.3 is 13.8 Å². The van der Waals surface area contributed by atoms with E-state index in [-0.39, 0.29) is 16.1 Å². The molecule has 115 heavy (non-hydrogen) atoms. The molecule has 0 aliphatic heterocycles. The number of benzene rings is 18. The van der Waals surface area contributed by atoms with Gasteiger partial charge in [0.05, 0.1) is 33.8 Å². The number of aromatic nitrogens is 6. The summed E-state index contributed by atoms with van der Waals surface area (Å²) in [4.78, 5) is 24.3. The van der Waals surface area contributed by atoms with E-state index < -0.39 is 0 Å². The maximum Gasteiger partial charge on any atom is 0.235 e. The van der Waals surface area contributed by atoms with Gasteiger partial charge in [0.2, 0.25) is 11.2 Å². The van der Waals surface area contributed by atoms with E-state index in [0.717, 1.165) is 99.9 Å². The predicted octanol–water partition coefficient (Wildman–Crippen LogP) is 29.0. The second-order valence-electron chi connectivity index (χ2n) is 31.9. The lowest BCUT2D eigenvalue weighted by atomic mass is 9.85. The van der Waals surface area contributed by atoms with Crippen LogP contribution in [0.25, 0.3) is 224 Å². The van der Waals surface area contributed by atoms with Gasteiger partial charge >= 0.3 is 0 Å². The largest absolute Gasteiger partial charge is 0.456 e. The van der Waals surface area contributed by atoms with Crippen molar-refractivity contribution >= 4 is 185 Å². The zero-order valence-electron chi connectivity index (χ0n) is 63.1. The number of halogens is 1. The van der Waals surface area contributed by atoms with Gasteiger partial charge in [0, 0.05) is 98.0 Å². The molecule has 0 saturated carbocycles. The second kappa shape index (κ2) is 24.3. The van der Waals surface area contributed by atoms with Crippen molar-refractivity contribution in [2.24, 2.45) is 0 Å². The van der Waals surface area contributed by atoms with Gasteiger partial charge in [0.1, 0.15) is 22.3 Å². The van der Waals surface area contributed by atoms with E-state index in [9.17, 15) is 0 Å². The highest BCUT2D eigenvalue weighted by Crippen LogP contribution is 2.55. The third-order valence-electron chi connectivity index (χ3n) is 25.1. The third-order valence-corrected chi connectivity index (χ3v) is 25.3. The summed E-state index contributed by atoms with van der Waals surface area (Å²) in [6, 6.07) is 117. The number of hydrogen-bond donors (Lipinski definition) is 1. The Morgan fingerprint density at radius 3 is 1.20 bits per heavy atom. The molecular weight excluding hydrogens is 1420 g/mol. The molecule has 9 heteroatoms.